The van der Waals surface area contributed by atoms with Crippen molar-refractivity contribution in [2.75, 3.05) is 7.11 Å². The summed E-state index contributed by atoms with van der Waals surface area (Å²) in [5.74, 6) is 0.363. The van der Waals surface area contributed by atoms with E-state index >= 15 is 0 Å². The van der Waals surface area contributed by atoms with Crippen molar-refractivity contribution >= 4 is 17.5 Å². The van der Waals surface area contributed by atoms with E-state index in [0.29, 0.717) is 10.6 Å². The molecular weight excluding hydrogens is 348 g/mol. The molecule has 0 saturated heterocycles. The van der Waals surface area contributed by atoms with Crippen molar-refractivity contribution < 1.29 is 14.3 Å². The summed E-state index contributed by atoms with van der Waals surface area (Å²) in [7, 11) is 1.61. The highest BCUT2D eigenvalue weighted by Gasteiger charge is 2.21. The van der Waals surface area contributed by atoms with Crippen LogP contribution in [0.5, 0.6) is 5.75 Å². The molecule has 0 saturated carbocycles. The predicted molar refractivity (Wildman–Crippen MR) is 102 cm³/mol. The highest BCUT2D eigenvalue weighted by atomic mass is 32.1. The van der Waals surface area contributed by atoms with Crippen molar-refractivity contribution in [3.05, 3.63) is 65.0 Å². The second kappa shape index (κ2) is 8.58. The average Bonchev–Trinajstić information content (AvgIpc) is 3.17. The molecule has 2 aromatic carbocycles. The number of hydrogen-bond donors (Lipinski definition) is 0. The molecule has 0 aliphatic carbocycles. The second-order valence-electron chi connectivity index (χ2n) is 5.92. The number of esters is 1. The van der Waals surface area contributed by atoms with Gasteiger partial charge in [0.05, 0.1) is 13.2 Å². The van der Waals surface area contributed by atoms with Crippen LogP contribution in [-0.2, 0) is 11.2 Å². The lowest BCUT2D eigenvalue weighted by atomic mass is 10.1. The van der Waals surface area contributed by atoms with Crippen molar-refractivity contribution in [1.82, 2.24) is 9.59 Å². The van der Waals surface area contributed by atoms with Gasteiger partial charge in [0, 0.05) is 5.56 Å². The van der Waals surface area contributed by atoms with Crippen LogP contribution in [0.4, 0.5) is 0 Å². The van der Waals surface area contributed by atoms with E-state index in [-0.39, 0.29) is 12.1 Å². The van der Waals surface area contributed by atoms with Gasteiger partial charge in [-0.3, -0.25) is 0 Å². The SMILES string of the molecule is COc1ccc(-c2nnsc2C(=O)O[C@H](C)CCc2ccccc2)cc1. The molecule has 26 heavy (non-hydrogen) atoms. The van der Waals surface area contributed by atoms with E-state index in [9.17, 15) is 4.79 Å². The van der Waals surface area contributed by atoms with Crippen molar-refractivity contribution in [3.8, 4) is 17.0 Å². The van der Waals surface area contributed by atoms with E-state index in [1.165, 1.54) is 5.56 Å². The molecular formula is C20H20N2O3S. The molecule has 0 fully saturated rings. The number of aryl methyl sites for hydroxylation is 1. The van der Waals surface area contributed by atoms with Gasteiger partial charge in [0.15, 0.2) is 4.88 Å². The first-order valence-electron chi connectivity index (χ1n) is 8.39. The smallest absolute Gasteiger partial charge is 0.352 e. The Bertz CT molecular complexity index is 847. The molecule has 0 bridgehead atoms. The molecule has 0 radical (unpaired) electrons. The molecule has 5 nitrogen and oxygen atoms in total. The van der Waals surface area contributed by atoms with Crippen molar-refractivity contribution in [1.29, 1.82) is 0 Å². The van der Waals surface area contributed by atoms with Crippen LogP contribution in [0.25, 0.3) is 11.3 Å². The third-order valence-electron chi connectivity index (χ3n) is 4.03. The largest absolute Gasteiger partial charge is 0.497 e. The van der Waals surface area contributed by atoms with Crippen LogP contribution in [0, 0.1) is 0 Å². The number of aromatic nitrogens is 2. The highest BCUT2D eigenvalue weighted by Crippen LogP contribution is 2.27. The number of hydrogen-bond acceptors (Lipinski definition) is 6. The van der Waals surface area contributed by atoms with Gasteiger partial charge in [-0.15, -0.1) is 5.10 Å². The zero-order valence-corrected chi connectivity index (χ0v) is 15.5. The van der Waals surface area contributed by atoms with Gasteiger partial charge < -0.3 is 9.47 Å². The number of carbonyl (C=O) groups is 1. The van der Waals surface area contributed by atoms with Gasteiger partial charge in [0.2, 0.25) is 0 Å². The Balaban J connectivity index is 1.64. The van der Waals surface area contributed by atoms with Crippen LogP contribution in [0.1, 0.15) is 28.6 Å². The van der Waals surface area contributed by atoms with Gasteiger partial charge in [0.25, 0.3) is 0 Å². The molecule has 0 aliphatic rings. The Labute approximate surface area is 156 Å². The summed E-state index contributed by atoms with van der Waals surface area (Å²) in [5.41, 5.74) is 2.58. The van der Waals surface area contributed by atoms with E-state index in [1.807, 2.05) is 49.4 Å². The maximum absolute atomic E-state index is 12.5. The van der Waals surface area contributed by atoms with Gasteiger partial charge in [-0.2, -0.15) is 0 Å². The Morgan fingerprint density at radius 2 is 1.85 bits per heavy atom. The van der Waals surface area contributed by atoms with Crippen molar-refractivity contribution in [2.24, 2.45) is 0 Å². The van der Waals surface area contributed by atoms with Crippen LogP contribution in [-0.4, -0.2) is 28.8 Å². The quantitative estimate of drug-likeness (QED) is 0.579. The topological polar surface area (TPSA) is 61.3 Å². The third kappa shape index (κ3) is 4.46. The maximum atomic E-state index is 12.5. The number of rotatable bonds is 7. The number of methoxy groups -OCH3 is 1. The lowest BCUT2D eigenvalue weighted by Gasteiger charge is -2.13. The first-order chi connectivity index (χ1) is 12.7. The molecule has 0 N–H and O–H groups in total. The van der Waals surface area contributed by atoms with Crippen molar-refractivity contribution in [3.63, 3.8) is 0 Å². The first-order valence-corrected chi connectivity index (χ1v) is 9.16. The number of carbonyl (C=O) groups excluding carboxylic acids is 1. The molecule has 3 aromatic rings. The Hall–Kier alpha value is -2.73. The normalized spacial score (nSPS) is 11.8. The predicted octanol–water partition coefficient (Wildman–Crippen LogP) is 4.39. The summed E-state index contributed by atoms with van der Waals surface area (Å²) in [6, 6.07) is 17.5. The summed E-state index contributed by atoms with van der Waals surface area (Å²) in [4.78, 5) is 12.9. The van der Waals surface area contributed by atoms with E-state index in [4.69, 9.17) is 9.47 Å². The zero-order valence-electron chi connectivity index (χ0n) is 14.7. The number of nitrogens with zero attached hydrogens (tertiary/aromatic N) is 2. The fraction of sp³-hybridized carbons (Fsp3) is 0.250. The lowest BCUT2D eigenvalue weighted by molar-refractivity contribution is 0.0332. The highest BCUT2D eigenvalue weighted by molar-refractivity contribution is 7.08. The van der Waals surface area contributed by atoms with Gasteiger partial charge in [-0.1, -0.05) is 34.8 Å². The summed E-state index contributed by atoms with van der Waals surface area (Å²) in [6.45, 7) is 1.91. The van der Waals surface area contributed by atoms with Gasteiger partial charge >= 0.3 is 5.97 Å². The van der Waals surface area contributed by atoms with Crippen LogP contribution >= 0.6 is 11.5 Å². The van der Waals surface area contributed by atoms with Crippen LogP contribution in [0.15, 0.2) is 54.6 Å². The molecule has 1 heterocycles. The monoisotopic (exact) mass is 368 g/mol. The maximum Gasteiger partial charge on any atom is 0.352 e. The van der Waals surface area contributed by atoms with Crippen LogP contribution in [0.3, 0.4) is 0 Å². The van der Waals surface area contributed by atoms with E-state index in [1.54, 1.807) is 7.11 Å². The molecule has 0 unspecified atom stereocenters. The Kier molecular flexibility index (Phi) is 5.96. The minimum absolute atomic E-state index is 0.187. The van der Waals surface area contributed by atoms with Crippen LogP contribution < -0.4 is 4.74 Å². The van der Waals surface area contributed by atoms with E-state index in [2.05, 4.69) is 21.7 Å². The van der Waals surface area contributed by atoms with Crippen molar-refractivity contribution in [2.45, 2.75) is 25.9 Å². The number of ether oxygens (including phenoxy) is 2. The number of benzene rings is 2. The summed E-state index contributed by atoms with van der Waals surface area (Å²) in [6.07, 6.45) is 1.44. The van der Waals surface area contributed by atoms with E-state index in [0.717, 1.165) is 35.7 Å². The fourth-order valence-corrected chi connectivity index (χ4v) is 3.14. The van der Waals surface area contributed by atoms with Gasteiger partial charge in [-0.25, -0.2) is 4.79 Å². The van der Waals surface area contributed by atoms with Gasteiger partial charge in [-0.05, 0) is 61.1 Å². The Morgan fingerprint density at radius 1 is 1.12 bits per heavy atom. The summed E-state index contributed by atoms with van der Waals surface area (Å²) in [5, 5.41) is 4.09. The minimum Gasteiger partial charge on any atom is -0.497 e. The lowest BCUT2D eigenvalue weighted by Crippen LogP contribution is -2.15. The second-order valence-corrected chi connectivity index (χ2v) is 6.67. The molecule has 1 aromatic heterocycles. The molecule has 0 spiro atoms. The average molecular weight is 368 g/mol. The summed E-state index contributed by atoms with van der Waals surface area (Å²) >= 11 is 1.05. The molecule has 1 atom stereocenters. The molecule has 0 aliphatic heterocycles. The molecule has 0 amide bonds. The molecule has 3 rings (SSSR count). The zero-order chi connectivity index (χ0) is 18.4. The minimum atomic E-state index is -0.383. The Morgan fingerprint density at radius 3 is 2.54 bits per heavy atom. The standard InChI is InChI=1S/C20H20N2O3S/c1-14(8-9-15-6-4-3-5-7-15)25-20(23)19-18(21-22-26-19)16-10-12-17(24-2)13-11-16/h3-7,10-14H,8-9H2,1-2H3/t14-/m1/s1. The van der Waals surface area contributed by atoms with E-state index < -0.39 is 0 Å². The third-order valence-corrected chi connectivity index (χ3v) is 4.73. The summed E-state index contributed by atoms with van der Waals surface area (Å²) < 4.78 is 14.7. The molecule has 6 heteroatoms. The van der Waals surface area contributed by atoms with Crippen LogP contribution in [0.2, 0.25) is 0 Å². The van der Waals surface area contributed by atoms with Gasteiger partial charge in [0.1, 0.15) is 11.4 Å². The fourth-order valence-electron chi connectivity index (χ4n) is 2.57. The molecule has 134 valence electrons. The first kappa shape index (κ1) is 18.1.